The number of furan rings is 1. The Balaban J connectivity index is 1.69. The zero-order valence-corrected chi connectivity index (χ0v) is 15.0. The summed E-state index contributed by atoms with van der Waals surface area (Å²) in [6.07, 6.45) is 1.74. The molecule has 130 valence electrons. The largest absolute Gasteiger partial charge is 0.460 e. The fraction of sp³-hybridized carbons (Fsp3) is 0.100. The van der Waals surface area contributed by atoms with Crippen molar-refractivity contribution in [3.05, 3.63) is 82.4 Å². The summed E-state index contributed by atoms with van der Waals surface area (Å²) in [4.78, 5) is 13.9. The van der Waals surface area contributed by atoms with Gasteiger partial charge in [-0.05, 0) is 42.6 Å². The minimum Gasteiger partial charge on any atom is -0.460 e. The fourth-order valence-electron chi connectivity index (χ4n) is 2.67. The molecule has 0 fully saturated rings. The van der Waals surface area contributed by atoms with Gasteiger partial charge in [0.1, 0.15) is 11.5 Å². The number of para-hydroxylation sites is 1. The number of carbonyl (C=O) groups is 1. The van der Waals surface area contributed by atoms with Crippen LogP contribution in [0.1, 0.15) is 21.0 Å². The maximum atomic E-state index is 12.8. The number of amides is 1. The highest BCUT2D eigenvalue weighted by molar-refractivity contribution is 7.09. The second kappa shape index (κ2) is 7.01. The van der Waals surface area contributed by atoms with Gasteiger partial charge in [0.2, 0.25) is 0 Å². The van der Waals surface area contributed by atoms with E-state index in [2.05, 4.69) is 10.4 Å². The minimum atomic E-state index is -0.176. The molecule has 0 radical (unpaired) electrons. The fourth-order valence-corrected chi connectivity index (χ4v) is 3.32. The van der Waals surface area contributed by atoms with Gasteiger partial charge in [-0.25, -0.2) is 4.68 Å². The lowest BCUT2D eigenvalue weighted by Gasteiger charge is -2.02. The maximum absolute atomic E-state index is 12.8. The van der Waals surface area contributed by atoms with Crippen LogP contribution in [0, 0.1) is 6.92 Å². The highest BCUT2D eigenvalue weighted by atomic mass is 32.1. The van der Waals surface area contributed by atoms with Gasteiger partial charge in [0, 0.05) is 11.1 Å². The number of nitrogens with one attached hydrogen (secondary N) is 1. The quantitative estimate of drug-likeness (QED) is 0.570. The van der Waals surface area contributed by atoms with Crippen LogP contribution >= 0.6 is 11.3 Å². The number of hydrogen-bond donors (Lipinski definition) is 1. The summed E-state index contributed by atoms with van der Waals surface area (Å²) < 4.78 is 7.41. The molecule has 0 spiro atoms. The van der Waals surface area contributed by atoms with Crippen molar-refractivity contribution in [2.75, 3.05) is 0 Å². The van der Waals surface area contributed by atoms with Crippen molar-refractivity contribution < 1.29 is 9.21 Å². The average molecular weight is 363 g/mol. The highest BCUT2D eigenvalue weighted by Gasteiger charge is 2.20. The molecule has 4 rings (SSSR count). The Hall–Kier alpha value is -3.12. The standard InChI is InChI=1S/C20H17N3O2S/c1-14-9-10-18(25-14)19-17(20(24)21-12-16-8-5-11-26-16)13-23(22-19)15-6-3-2-4-7-15/h2-11,13H,12H2,1H3,(H,21,24). The predicted octanol–water partition coefficient (Wildman–Crippen LogP) is 4.43. The highest BCUT2D eigenvalue weighted by Crippen LogP contribution is 2.26. The minimum absolute atomic E-state index is 0.176. The average Bonchev–Trinajstić information content (AvgIpc) is 3.40. The van der Waals surface area contributed by atoms with Crippen LogP contribution < -0.4 is 5.32 Å². The van der Waals surface area contributed by atoms with Gasteiger partial charge in [-0.1, -0.05) is 24.3 Å². The third kappa shape index (κ3) is 3.32. The zero-order chi connectivity index (χ0) is 17.9. The van der Waals surface area contributed by atoms with E-state index in [-0.39, 0.29) is 5.91 Å². The van der Waals surface area contributed by atoms with Crippen LogP contribution in [0.3, 0.4) is 0 Å². The van der Waals surface area contributed by atoms with Gasteiger partial charge in [0.25, 0.3) is 5.91 Å². The van der Waals surface area contributed by atoms with Crippen LogP contribution in [0.25, 0.3) is 17.1 Å². The molecule has 3 heterocycles. The van der Waals surface area contributed by atoms with E-state index in [1.54, 1.807) is 22.2 Å². The first-order valence-corrected chi connectivity index (χ1v) is 9.11. The van der Waals surface area contributed by atoms with Crippen LogP contribution in [0.15, 0.2) is 70.6 Å². The number of benzene rings is 1. The molecular formula is C20H17N3O2S. The van der Waals surface area contributed by atoms with E-state index < -0.39 is 0 Å². The maximum Gasteiger partial charge on any atom is 0.255 e. The molecule has 6 heteroatoms. The normalized spacial score (nSPS) is 10.8. The zero-order valence-electron chi connectivity index (χ0n) is 14.2. The van der Waals surface area contributed by atoms with Gasteiger partial charge in [-0.3, -0.25) is 4.79 Å². The lowest BCUT2D eigenvalue weighted by molar-refractivity contribution is 0.0951. The molecule has 0 aliphatic heterocycles. The molecule has 0 bridgehead atoms. The Labute approximate surface area is 154 Å². The Kier molecular flexibility index (Phi) is 4.41. The topological polar surface area (TPSA) is 60.1 Å². The van der Waals surface area contributed by atoms with E-state index in [1.807, 2.05) is 66.9 Å². The Bertz CT molecular complexity index is 1020. The number of thiophene rings is 1. The number of aryl methyl sites for hydroxylation is 1. The van der Waals surface area contributed by atoms with E-state index in [9.17, 15) is 4.79 Å². The van der Waals surface area contributed by atoms with Crippen molar-refractivity contribution in [2.45, 2.75) is 13.5 Å². The molecule has 0 aliphatic rings. The van der Waals surface area contributed by atoms with Crippen molar-refractivity contribution in [1.29, 1.82) is 0 Å². The van der Waals surface area contributed by atoms with Crippen molar-refractivity contribution in [1.82, 2.24) is 15.1 Å². The smallest absolute Gasteiger partial charge is 0.255 e. The third-order valence-electron chi connectivity index (χ3n) is 3.96. The molecule has 5 nitrogen and oxygen atoms in total. The Morgan fingerprint density at radius 3 is 2.69 bits per heavy atom. The van der Waals surface area contributed by atoms with Crippen LogP contribution in [-0.2, 0) is 6.54 Å². The summed E-state index contributed by atoms with van der Waals surface area (Å²) in [5, 5.41) is 9.55. The molecule has 0 unspecified atom stereocenters. The molecule has 1 amide bonds. The number of aromatic nitrogens is 2. The lowest BCUT2D eigenvalue weighted by Crippen LogP contribution is -2.22. The molecule has 4 aromatic rings. The molecule has 0 atom stereocenters. The van der Waals surface area contributed by atoms with Crippen molar-refractivity contribution in [3.8, 4) is 17.1 Å². The van der Waals surface area contributed by atoms with Crippen molar-refractivity contribution in [3.63, 3.8) is 0 Å². The first-order valence-electron chi connectivity index (χ1n) is 8.23. The second-order valence-electron chi connectivity index (χ2n) is 5.84. The number of nitrogens with zero attached hydrogens (tertiary/aromatic N) is 2. The molecular weight excluding hydrogens is 346 g/mol. The van der Waals surface area contributed by atoms with E-state index in [0.717, 1.165) is 16.3 Å². The molecule has 0 aliphatic carbocycles. The molecule has 26 heavy (non-hydrogen) atoms. The molecule has 0 saturated carbocycles. The van der Waals surface area contributed by atoms with Gasteiger partial charge < -0.3 is 9.73 Å². The van der Waals surface area contributed by atoms with Gasteiger partial charge in [-0.15, -0.1) is 11.3 Å². The first kappa shape index (κ1) is 16.4. The summed E-state index contributed by atoms with van der Waals surface area (Å²) in [6.45, 7) is 2.36. The van der Waals surface area contributed by atoms with Crippen LogP contribution in [0.4, 0.5) is 0 Å². The molecule has 3 aromatic heterocycles. The van der Waals surface area contributed by atoms with Crippen LogP contribution in [0.5, 0.6) is 0 Å². The first-order chi connectivity index (χ1) is 12.7. The Morgan fingerprint density at radius 1 is 1.15 bits per heavy atom. The van der Waals surface area contributed by atoms with E-state index >= 15 is 0 Å². The summed E-state index contributed by atoms with van der Waals surface area (Å²) in [7, 11) is 0. The van der Waals surface area contributed by atoms with Crippen LogP contribution in [-0.4, -0.2) is 15.7 Å². The third-order valence-corrected chi connectivity index (χ3v) is 4.83. The molecule has 1 N–H and O–H groups in total. The Morgan fingerprint density at radius 2 is 2.00 bits per heavy atom. The van der Waals surface area contributed by atoms with Gasteiger partial charge in [-0.2, -0.15) is 5.10 Å². The summed E-state index contributed by atoms with van der Waals surface area (Å²) in [5.74, 6) is 1.18. The molecule has 0 saturated heterocycles. The SMILES string of the molecule is Cc1ccc(-c2nn(-c3ccccc3)cc2C(=O)NCc2cccs2)o1. The summed E-state index contributed by atoms with van der Waals surface area (Å²) in [6, 6.07) is 17.4. The number of rotatable bonds is 5. The van der Waals surface area contributed by atoms with Crippen molar-refractivity contribution in [2.24, 2.45) is 0 Å². The van der Waals surface area contributed by atoms with E-state index in [0.29, 0.717) is 23.6 Å². The van der Waals surface area contributed by atoms with E-state index in [4.69, 9.17) is 4.42 Å². The van der Waals surface area contributed by atoms with Gasteiger partial charge >= 0.3 is 0 Å². The summed E-state index contributed by atoms with van der Waals surface area (Å²) in [5.41, 5.74) is 1.90. The van der Waals surface area contributed by atoms with Gasteiger partial charge in [0.05, 0.1) is 17.8 Å². The second-order valence-corrected chi connectivity index (χ2v) is 6.88. The predicted molar refractivity (Wildman–Crippen MR) is 101 cm³/mol. The number of carbonyl (C=O) groups excluding carboxylic acids is 1. The van der Waals surface area contributed by atoms with Crippen LogP contribution in [0.2, 0.25) is 0 Å². The molecule has 1 aromatic carbocycles. The monoisotopic (exact) mass is 363 g/mol. The van der Waals surface area contributed by atoms with Crippen molar-refractivity contribution >= 4 is 17.2 Å². The number of hydrogen-bond acceptors (Lipinski definition) is 4. The lowest BCUT2D eigenvalue weighted by atomic mass is 10.2. The summed E-state index contributed by atoms with van der Waals surface area (Å²) >= 11 is 1.61. The van der Waals surface area contributed by atoms with Gasteiger partial charge in [0.15, 0.2) is 5.76 Å². The van der Waals surface area contributed by atoms with E-state index in [1.165, 1.54) is 0 Å².